The summed E-state index contributed by atoms with van der Waals surface area (Å²) in [5.74, 6) is 0.986. The maximum atomic E-state index is 14.0. The van der Waals surface area contributed by atoms with E-state index in [-0.39, 0.29) is 23.9 Å². The van der Waals surface area contributed by atoms with E-state index >= 15 is 0 Å². The van der Waals surface area contributed by atoms with E-state index in [0.29, 0.717) is 49.4 Å². The highest BCUT2D eigenvalue weighted by Crippen LogP contribution is 2.29. The van der Waals surface area contributed by atoms with Crippen LogP contribution in [0.3, 0.4) is 0 Å². The number of carbonyl (C=O) groups is 1. The number of thiophene rings is 1. The Balaban J connectivity index is 1.60. The first-order chi connectivity index (χ1) is 19.9. The summed E-state index contributed by atoms with van der Waals surface area (Å²) in [6.07, 6.45) is 1.03. The quantitative estimate of drug-likeness (QED) is 0.175. The maximum absolute atomic E-state index is 14.0. The van der Waals surface area contributed by atoms with Crippen LogP contribution in [0.4, 0.5) is 0 Å². The van der Waals surface area contributed by atoms with Crippen LogP contribution in [-0.4, -0.2) is 71.1 Å². The first-order valence-electron chi connectivity index (χ1n) is 13.3. The van der Waals surface area contributed by atoms with E-state index in [9.17, 15) is 13.2 Å². The van der Waals surface area contributed by atoms with Crippen LogP contribution < -0.4 is 9.47 Å². The van der Waals surface area contributed by atoms with Crippen LogP contribution >= 0.6 is 11.3 Å². The number of carbonyl (C=O) groups excluding carboxylic acids is 1. The largest absolute Gasteiger partial charge is 0.493 e. The molecule has 4 rings (SSSR count). The molecule has 0 saturated carbocycles. The van der Waals surface area contributed by atoms with Gasteiger partial charge in [0.05, 0.1) is 32.2 Å². The summed E-state index contributed by atoms with van der Waals surface area (Å²) in [5.41, 5.74) is 0.979. The van der Waals surface area contributed by atoms with Crippen molar-refractivity contribution in [3.63, 3.8) is 0 Å². The average molecular weight is 597 g/mol. The van der Waals surface area contributed by atoms with Crippen LogP contribution in [0.15, 0.2) is 83.1 Å². The number of hydrogen-bond donors (Lipinski definition) is 0. The molecule has 3 aromatic carbocycles. The number of sulfonamides is 1. The highest BCUT2D eigenvalue weighted by Gasteiger charge is 2.29. The molecule has 0 fully saturated rings. The third-order valence-electron chi connectivity index (χ3n) is 6.83. The third kappa shape index (κ3) is 7.65. The minimum absolute atomic E-state index is 0.160. The molecule has 0 unspecified atom stereocenters. The highest BCUT2D eigenvalue weighted by atomic mass is 32.2. The van der Waals surface area contributed by atoms with Crippen LogP contribution in [0.1, 0.15) is 16.9 Å². The minimum atomic E-state index is -3.98. The van der Waals surface area contributed by atoms with Gasteiger partial charge in [0.15, 0.2) is 11.5 Å². The topological polar surface area (TPSA) is 85.4 Å². The lowest BCUT2D eigenvalue weighted by Gasteiger charge is -2.27. The van der Waals surface area contributed by atoms with Crippen molar-refractivity contribution in [2.75, 3.05) is 47.6 Å². The van der Waals surface area contributed by atoms with E-state index in [1.807, 2.05) is 60.0 Å². The monoisotopic (exact) mass is 596 g/mol. The van der Waals surface area contributed by atoms with E-state index in [4.69, 9.17) is 14.2 Å². The fourth-order valence-electron chi connectivity index (χ4n) is 4.66. The number of ether oxygens (including phenoxy) is 3. The fourth-order valence-corrected chi connectivity index (χ4v) is 7.02. The number of fused-ring (bicyclic) bond motifs is 1. The Kier molecular flexibility index (Phi) is 10.8. The van der Waals surface area contributed by atoms with Gasteiger partial charge in [-0.15, -0.1) is 11.3 Å². The highest BCUT2D eigenvalue weighted by molar-refractivity contribution is 7.89. The number of methoxy groups -OCH3 is 3. The summed E-state index contributed by atoms with van der Waals surface area (Å²) in [4.78, 5) is 16.8. The second-order valence-electron chi connectivity index (χ2n) is 9.50. The SMILES string of the molecule is COCCCN(CC(=O)N(CCc1ccc(OC)c(OC)c1)Cc1cccs1)S(=O)(=O)c1cccc2ccccc12. The van der Waals surface area contributed by atoms with Gasteiger partial charge in [-0.3, -0.25) is 4.79 Å². The molecule has 10 heteroatoms. The summed E-state index contributed by atoms with van der Waals surface area (Å²) in [6, 6.07) is 22.2. The number of benzene rings is 3. The number of hydrogen-bond acceptors (Lipinski definition) is 7. The van der Waals surface area contributed by atoms with Gasteiger partial charge in [-0.1, -0.05) is 48.5 Å². The van der Waals surface area contributed by atoms with Crippen molar-refractivity contribution in [1.82, 2.24) is 9.21 Å². The van der Waals surface area contributed by atoms with Crippen LogP contribution in [0.2, 0.25) is 0 Å². The van der Waals surface area contributed by atoms with Crippen molar-refractivity contribution in [2.45, 2.75) is 24.3 Å². The van der Waals surface area contributed by atoms with Gasteiger partial charge in [-0.25, -0.2) is 8.42 Å². The van der Waals surface area contributed by atoms with E-state index in [1.165, 1.54) is 4.31 Å². The van der Waals surface area contributed by atoms with Gasteiger partial charge < -0.3 is 19.1 Å². The van der Waals surface area contributed by atoms with Gasteiger partial charge >= 0.3 is 0 Å². The zero-order valence-electron chi connectivity index (χ0n) is 23.6. The molecule has 0 N–H and O–H groups in total. The van der Waals surface area contributed by atoms with Gasteiger partial charge in [-0.05, 0) is 53.4 Å². The molecule has 0 aliphatic rings. The Morgan fingerprint density at radius 1 is 0.878 bits per heavy atom. The maximum Gasteiger partial charge on any atom is 0.244 e. The van der Waals surface area contributed by atoms with Crippen LogP contribution in [0, 0.1) is 0 Å². The molecule has 1 amide bonds. The van der Waals surface area contributed by atoms with Gasteiger partial charge in [0.1, 0.15) is 0 Å². The Morgan fingerprint density at radius 3 is 2.39 bits per heavy atom. The lowest BCUT2D eigenvalue weighted by atomic mass is 10.1. The summed E-state index contributed by atoms with van der Waals surface area (Å²) in [6.45, 7) is 1.07. The molecule has 1 aromatic heterocycles. The molecule has 0 spiro atoms. The molecular formula is C31H36N2O6S2. The van der Waals surface area contributed by atoms with E-state index < -0.39 is 10.0 Å². The first kappa shape index (κ1) is 30.5. The van der Waals surface area contributed by atoms with Gasteiger partial charge in [0.25, 0.3) is 0 Å². The van der Waals surface area contributed by atoms with E-state index in [0.717, 1.165) is 15.8 Å². The second kappa shape index (κ2) is 14.5. The number of amides is 1. The minimum Gasteiger partial charge on any atom is -0.493 e. The molecular weight excluding hydrogens is 560 g/mol. The standard InChI is InChI=1S/C31H36N2O6S2/c1-37-19-8-17-33(41(35,36)30-13-6-10-25-9-4-5-12-27(25)30)23-31(34)32(22-26-11-7-20-40-26)18-16-24-14-15-28(38-2)29(21-24)39-3/h4-7,9-15,20-21H,8,16-19,22-23H2,1-3H3. The zero-order valence-corrected chi connectivity index (χ0v) is 25.2. The van der Waals surface area contributed by atoms with Crippen molar-refractivity contribution in [3.8, 4) is 11.5 Å². The molecule has 0 bridgehead atoms. The number of nitrogens with zero attached hydrogens (tertiary/aromatic N) is 2. The lowest BCUT2D eigenvalue weighted by molar-refractivity contribution is -0.132. The Hall–Kier alpha value is -3.44. The molecule has 4 aromatic rings. The summed E-state index contributed by atoms with van der Waals surface area (Å²) >= 11 is 1.56. The fraction of sp³-hybridized carbons (Fsp3) is 0.323. The predicted molar refractivity (Wildman–Crippen MR) is 162 cm³/mol. The van der Waals surface area contributed by atoms with Crippen molar-refractivity contribution in [2.24, 2.45) is 0 Å². The second-order valence-corrected chi connectivity index (χ2v) is 12.4. The van der Waals surface area contributed by atoms with Crippen LogP contribution in [0.25, 0.3) is 10.8 Å². The molecule has 0 atom stereocenters. The van der Waals surface area contributed by atoms with E-state index in [2.05, 4.69) is 0 Å². The zero-order chi connectivity index (χ0) is 29.2. The Bertz CT molecular complexity index is 1530. The summed E-state index contributed by atoms with van der Waals surface area (Å²) < 4.78 is 45.3. The molecule has 0 radical (unpaired) electrons. The third-order valence-corrected chi connectivity index (χ3v) is 9.60. The molecule has 218 valence electrons. The van der Waals surface area contributed by atoms with Crippen molar-refractivity contribution < 1.29 is 27.4 Å². The molecule has 41 heavy (non-hydrogen) atoms. The smallest absolute Gasteiger partial charge is 0.244 e. The van der Waals surface area contributed by atoms with Crippen molar-refractivity contribution in [1.29, 1.82) is 0 Å². The van der Waals surface area contributed by atoms with Gasteiger partial charge in [0, 0.05) is 37.1 Å². The Labute approximate surface area is 246 Å². The first-order valence-corrected chi connectivity index (χ1v) is 15.7. The van der Waals surface area contributed by atoms with Crippen molar-refractivity contribution in [3.05, 3.63) is 88.6 Å². The lowest BCUT2D eigenvalue weighted by Crippen LogP contribution is -2.43. The normalized spacial score (nSPS) is 11.6. The van der Waals surface area contributed by atoms with Crippen molar-refractivity contribution >= 4 is 38.0 Å². The number of rotatable bonds is 15. The molecule has 1 heterocycles. The Morgan fingerprint density at radius 2 is 1.66 bits per heavy atom. The van der Waals surface area contributed by atoms with Gasteiger partial charge in [0.2, 0.25) is 15.9 Å². The molecule has 8 nitrogen and oxygen atoms in total. The summed E-state index contributed by atoms with van der Waals surface area (Å²) in [5, 5.41) is 3.42. The van der Waals surface area contributed by atoms with Crippen LogP contribution in [0.5, 0.6) is 11.5 Å². The van der Waals surface area contributed by atoms with E-state index in [1.54, 1.807) is 55.8 Å². The molecule has 0 saturated heterocycles. The van der Waals surface area contributed by atoms with Crippen LogP contribution in [-0.2, 0) is 32.5 Å². The summed E-state index contributed by atoms with van der Waals surface area (Å²) in [7, 11) is 0.768. The average Bonchev–Trinajstić information content (AvgIpc) is 3.51. The molecule has 0 aliphatic carbocycles. The predicted octanol–water partition coefficient (Wildman–Crippen LogP) is 5.22. The molecule has 0 aliphatic heterocycles. The van der Waals surface area contributed by atoms with Gasteiger partial charge in [-0.2, -0.15) is 4.31 Å².